The van der Waals surface area contributed by atoms with Gasteiger partial charge in [-0.05, 0) is 30.8 Å². The molecule has 0 radical (unpaired) electrons. The monoisotopic (exact) mass is 218 g/mol. The van der Waals surface area contributed by atoms with E-state index in [1.807, 2.05) is 37.3 Å². The van der Waals surface area contributed by atoms with Gasteiger partial charge >= 0.3 is 0 Å². The Labute approximate surface area is 92.3 Å². The lowest BCUT2D eigenvalue weighted by atomic mass is 10.3. The number of carbonyl (C=O) groups excluding carboxylic acids is 1. The van der Waals surface area contributed by atoms with Crippen LogP contribution in [0.4, 0.5) is 5.69 Å². The van der Waals surface area contributed by atoms with E-state index in [0.717, 1.165) is 5.69 Å². The third-order valence-corrected chi connectivity index (χ3v) is 2.93. The fraction of sp³-hybridized carbons (Fsp3) is 0.0909. The summed E-state index contributed by atoms with van der Waals surface area (Å²) >= 11 is 1.36. The number of carbonyl (C=O) groups is 1. The van der Waals surface area contributed by atoms with Gasteiger partial charge in [0, 0.05) is 0 Å². The van der Waals surface area contributed by atoms with Crippen LogP contribution in [-0.4, -0.2) is 11.1 Å². The fourth-order valence-electron chi connectivity index (χ4n) is 1.20. The van der Waals surface area contributed by atoms with Gasteiger partial charge in [-0.2, -0.15) is 0 Å². The number of amidine groups is 1. The van der Waals surface area contributed by atoms with Crippen LogP contribution in [0.2, 0.25) is 0 Å². The molecule has 76 valence electrons. The zero-order chi connectivity index (χ0) is 10.7. The van der Waals surface area contributed by atoms with E-state index in [1.54, 1.807) is 6.08 Å². The van der Waals surface area contributed by atoms with Crippen molar-refractivity contribution in [3.05, 3.63) is 41.3 Å². The lowest BCUT2D eigenvalue weighted by molar-refractivity contribution is -0.115. The summed E-state index contributed by atoms with van der Waals surface area (Å²) in [6.07, 6.45) is 1.79. The average molecular weight is 218 g/mol. The summed E-state index contributed by atoms with van der Waals surface area (Å²) in [5.74, 6) is -0.0721. The van der Waals surface area contributed by atoms with E-state index in [0.29, 0.717) is 10.1 Å². The van der Waals surface area contributed by atoms with E-state index in [-0.39, 0.29) is 5.91 Å². The van der Waals surface area contributed by atoms with E-state index in [4.69, 9.17) is 0 Å². The molecule has 1 saturated heterocycles. The third kappa shape index (κ3) is 2.27. The van der Waals surface area contributed by atoms with Crippen molar-refractivity contribution < 1.29 is 4.79 Å². The largest absolute Gasteiger partial charge is 0.300 e. The van der Waals surface area contributed by atoms with Gasteiger partial charge < -0.3 is 5.32 Å². The number of amides is 1. The normalized spacial score (nSPS) is 21.0. The third-order valence-electron chi connectivity index (χ3n) is 1.90. The summed E-state index contributed by atoms with van der Waals surface area (Å²) in [7, 11) is 0. The summed E-state index contributed by atoms with van der Waals surface area (Å²) in [5, 5.41) is 3.35. The van der Waals surface area contributed by atoms with Gasteiger partial charge in [0.05, 0.1) is 10.6 Å². The first-order valence-electron chi connectivity index (χ1n) is 4.59. The summed E-state index contributed by atoms with van der Waals surface area (Å²) in [5.41, 5.74) is 0.845. The number of aliphatic imine (C=N–C) groups is 1. The first-order valence-corrected chi connectivity index (χ1v) is 5.40. The van der Waals surface area contributed by atoms with E-state index in [1.165, 1.54) is 11.8 Å². The van der Waals surface area contributed by atoms with Crippen molar-refractivity contribution in [3.8, 4) is 0 Å². The standard InChI is InChI=1S/C11H10N2OS/c1-2-9-10(14)13-11(15-9)12-8-6-4-3-5-7-8/h2-7H,1H3,(H,12,13,14). The number of thioether (sulfide) groups is 1. The molecular formula is C11H10N2OS. The van der Waals surface area contributed by atoms with Crippen molar-refractivity contribution >= 4 is 28.5 Å². The second-order valence-corrected chi connectivity index (χ2v) is 3.99. The lowest BCUT2D eigenvalue weighted by Gasteiger charge is -1.94. The molecule has 0 unspecified atom stereocenters. The molecule has 1 aromatic rings. The number of nitrogens with one attached hydrogen (secondary N) is 1. The Morgan fingerprint density at radius 1 is 1.33 bits per heavy atom. The van der Waals surface area contributed by atoms with Crippen molar-refractivity contribution in [2.45, 2.75) is 6.92 Å². The number of hydrogen-bond donors (Lipinski definition) is 1. The van der Waals surface area contributed by atoms with Crippen LogP contribution in [0.5, 0.6) is 0 Å². The Balaban J connectivity index is 2.21. The molecule has 1 aliphatic rings. The molecule has 2 rings (SSSR count). The van der Waals surface area contributed by atoms with Gasteiger partial charge in [0.1, 0.15) is 0 Å². The van der Waals surface area contributed by atoms with Crippen LogP contribution in [0.3, 0.4) is 0 Å². The van der Waals surface area contributed by atoms with Gasteiger partial charge in [-0.25, -0.2) is 4.99 Å². The van der Waals surface area contributed by atoms with Gasteiger partial charge in [-0.15, -0.1) is 0 Å². The van der Waals surface area contributed by atoms with E-state index < -0.39 is 0 Å². The second-order valence-electron chi connectivity index (χ2n) is 2.96. The Morgan fingerprint density at radius 3 is 2.67 bits per heavy atom. The minimum absolute atomic E-state index is 0.0721. The van der Waals surface area contributed by atoms with Crippen LogP contribution in [-0.2, 0) is 4.79 Å². The number of rotatable bonds is 1. The van der Waals surface area contributed by atoms with Crippen LogP contribution in [0.25, 0.3) is 0 Å². The smallest absolute Gasteiger partial charge is 0.263 e. The highest BCUT2D eigenvalue weighted by molar-refractivity contribution is 8.18. The molecule has 0 bridgehead atoms. The second kappa shape index (κ2) is 4.31. The van der Waals surface area contributed by atoms with Crippen molar-refractivity contribution in [3.63, 3.8) is 0 Å². The maximum atomic E-state index is 11.3. The Morgan fingerprint density at radius 2 is 2.07 bits per heavy atom. The number of para-hydroxylation sites is 1. The van der Waals surface area contributed by atoms with Crippen molar-refractivity contribution in [1.29, 1.82) is 0 Å². The Kier molecular flexibility index (Phi) is 2.87. The van der Waals surface area contributed by atoms with Gasteiger partial charge in [-0.3, -0.25) is 4.79 Å². The SMILES string of the molecule is CC=C1SC(=Nc2ccccc2)NC1=O. The predicted molar refractivity (Wildman–Crippen MR) is 63.0 cm³/mol. The fourth-order valence-corrected chi connectivity index (χ4v) is 1.96. The van der Waals surface area contributed by atoms with E-state index in [2.05, 4.69) is 10.3 Å². The van der Waals surface area contributed by atoms with E-state index >= 15 is 0 Å². The predicted octanol–water partition coefficient (Wildman–Crippen LogP) is 2.44. The summed E-state index contributed by atoms with van der Waals surface area (Å²) in [4.78, 5) is 16.3. The maximum absolute atomic E-state index is 11.3. The zero-order valence-electron chi connectivity index (χ0n) is 8.23. The summed E-state index contributed by atoms with van der Waals surface area (Å²) < 4.78 is 0. The molecule has 0 saturated carbocycles. The molecular weight excluding hydrogens is 208 g/mol. The summed E-state index contributed by atoms with van der Waals surface area (Å²) in [6.45, 7) is 1.84. The number of allylic oxidation sites excluding steroid dienone is 1. The van der Waals surface area contributed by atoms with Crippen molar-refractivity contribution in [2.24, 2.45) is 4.99 Å². The zero-order valence-corrected chi connectivity index (χ0v) is 9.04. The number of benzene rings is 1. The van der Waals surface area contributed by atoms with Gasteiger partial charge in [-0.1, -0.05) is 24.3 Å². The maximum Gasteiger partial charge on any atom is 0.263 e. The van der Waals surface area contributed by atoms with Crippen LogP contribution in [0, 0.1) is 0 Å². The molecule has 0 atom stereocenters. The number of nitrogens with zero attached hydrogens (tertiary/aromatic N) is 1. The Hall–Kier alpha value is -1.55. The average Bonchev–Trinajstić information content (AvgIpc) is 2.60. The van der Waals surface area contributed by atoms with Crippen LogP contribution < -0.4 is 5.32 Å². The molecule has 1 N–H and O–H groups in total. The number of hydrogen-bond acceptors (Lipinski definition) is 3. The molecule has 1 amide bonds. The lowest BCUT2D eigenvalue weighted by Crippen LogP contribution is -2.19. The van der Waals surface area contributed by atoms with Gasteiger partial charge in [0.25, 0.3) is 5.91 Å². The minimum atomic E-state index is -0.0721. The first kappa shape index (κ1) is 9.98. The highest BCUT2D eigenvalue weighted by Gasteiger charge is 2.22. The Bertz CT molecular complexity index is 437. The molecule has 4 heteroatoms. The van der Waals surface area contributed by atoms with Gasteiger partial charge in [0.2, 0.25) is 0 Å². The van der Waals surface area contributed by atoms with Crippen molar-refractivity contribution in [1.82, 2.24) is 5.32 Å². The highest BCUT2D eigenvalue weighted by Crippen LogP contribution is 2.25. The van der Waals surface area contributed by atoms with Crippen molar-refractivity contribution in [2.75, 3.05) is 0 Å². The van der Waals surface area contributed by atoms with Crippen LogP contribution in [0.1, 0.15) is 6.92 Å². The highest BCUT2D eigenvalue weighted by atomic mass is 32.2. The molecule has 15 heavy (non-hydrogen) atoms. The molecule has 0 spiro atoms. The molecule has 0 aliphatic carbocycles. The molecule has 1 fully saturated rings. The molecule has 1 aromatic carbocycles. The van der Waals surface area contributed by atoms with Gasteiger partial charge in [0.15, 0.2) is 5.17 Å². The molecule has 1 heterocycles. The quantitative estimate of drug-likeness (QED) is 0.735. The molecule has 1 aliphatic heterocycles. The molecule has 3 nitrogen and oxygen atoms in total. The molecule has 0 aromatic heterocycles. The topological polar surface area (TPSA) is 41.5 Å². The van der Waals surface area contributed by atoms with Crippen LogP contribution >= 0.6 is 11.8 Å². The van der Waals surface area contributed by atoms with Crippen LogP contribution in [0.15, 0.2) is 46.3 Å². The summed E-state index contributed by atoms with van der Waals surface area (Å²) in [6, 6.07) is 9.55. The van der Waals surface area contributed by atoms with E-state index in [9.17, 15) is 4.79 Å². The minimum Gasteiger partial charge on any atom is -0.300 e. The first-order chi connectivity index (χ1) is 7.29.